The highest BCUT2D eigenvalue weighted by Crippen LogP contribution is 2.24. The van der Waals surface area contributed by atoms with Crippen molar-refractivity contribution in [1.82, 2.24) is 20.4 Å². The molecule has 1 amide bonds. The van der Waals surface area contributed by atoms with Crippen molar-refractivity contribution in [2.45, 2.75) is 25.8 Å². The van der Waals surface area contributed by atoms with Gasteiger partial charge in [0, 0.05) is 19.1 Å². The highest BCUT2D eigenvalue weighted by Gasteiger charge is 2.25. The molecule has 1 aliphatic rings. The summed E-state index contributed by atoms with van der Waals surface area (Å²) in [4.78, 5) is 18.9. The number of likely N-dealkylation sites (tertiary alicyclic amines) is 1. The van der Waals surface area contributed by atoms with Crippen LogP contribution in [0.15, 0.2) is 28.8 Å². The van der Waals surface area contributed by atoms with E-state index in [0.29, 0.717) is 28.9 Å². The number of nitrogens with zero attached hydrogens (tertiary/aromatic N) is 3. The second-order valence-corrected chi connectivity index (χ2v) is 5.55. The zero-order valence-corrected chi connectivity index (χ0v) is 12.9. The first kappa shape index (κ1) is 14.7. The first-order valence-electron chi connectivity index (χ1n) is 7.55. The van der Waals surface area contributed by atoms with Gasteiger partial charge in [-0.15, -0.1) is 0 Å². The van der Waals surface area contributed by atoms with Gasteiger partial charge in [0.2, 0.25) is 0 Å². The van der Waals surface area contributed by atoms with Crippen LogP contribution in [0, 0.1) is 6.92 Å². The molecular weight excluding hydrogens is 280 g/mol. The van der Waals surface area contributed by atoms with E-state index in [0.717, 1.165) is 25.9 Å². The molecule has 6 heteroatoms. The van der Waals surface area contributed by atoms with Crippen LogP contribution >= 0.6 is 0 Å². The monoisotopic (exact) mass is 300 g/mol. The van der Waals surface area contributed by atoms with Crippen molar-refractivity contribution in [1.29, 1.82) is 0 Å². The maximum absolute atomic E-state index is 12.8. The van der Waals surface area contributed by atoms with Crippen LogP contribution < -0.4 is 5.32 Å². The van der Waals surface area contributed by atoms with E-state index in [4.69, 9.17) is 4.52 Å². The Kier molecular flexibility index (Phi) is 4.20. The fourth-order valence-corrected chi connectivity index (χ4v) is 2.80. The number of hydrogen-bond donors (Lipinski definition) is 1. The summed E-state index contributed by atoms with van der Waals surface area (Å²) in [5, 5.41) is 7.08. The average molecular weight is 300 g/mol. The third-order valence-electron chi connectivity index (χ3n) is 4.11. The molecule has 2 heterocycles. The zero-order valence-electron chi connectivity index (χ0n) is 12.9. The number of rotatable bonds is 3. The lowest BCUT2D eigenvalue weighted by Gasteiger charge is -2.32. The molecule has 1 N–H and O–H groups in total. The molecule has 0 unspecified atom stereocenters. The van der Waals surface area contributed by atoms with E-state index >= 15 is 0 Å². The summed E-state index contributed by atoms with van der Waals surface area (Å²) < 4.78 is 5.22. The summed E-state index contributed by atoms with van der Waals surface area (Å²) >= 11 is 0. The Morgan fingerprint density at radius 1 is 1.32 bits per heavy atom. The smallest absolute Gasteiger partial charge is 0.258 e. The Morgan fingerprint density at radius 2 is 2.05 bits per heavy atom. The van der Waals surface area contributed by atoms with Crippen LogP contribution in [0.5, 0.6) is 0 Å². The molecule has 0 aliphatic carbocycles. The molecule has 1 aromatic carbocycles. The van der Waals surface area contributed by atoms with Crippen LogP contribution in [0.25, 0.3) is 11.5 Å². The Morgan fingerprint density at radius 3 is 2.68 bits per heavy atom. The topological polar surface area (TPSA) is 71.3 Å². The summed E-state index contributed by atoms with van der Waals surface area (Å²) in [6, 6.07) is 7.90. The standard InChI is InChI=1S/C16H20N4O2/c1-11-18-15(22-19-11)13-5-3-4-6-14(13)16(21)20-9-7-12(17-2)8-10-20/h3-6,12,17H,7-10H2,1-2H3. The lowest BCUT2D eigenvalue weighted by atomic mass is 10.0. The minimum atomic E-state index is 0.0287. The third-order valence-corrected chi connectivity index (χ3v) is 4.11. The fourth-order valence-electron chi connectivity index (χ4n) is 2.80. The number of carbonyl (C=O) groups excluding carboxylic acids is 1. The van der Waals surface area contributed by atoms with Gasteiger partial charge in [-0.05, 0) is 38.9 Å². The Labute approximate surface area is 129 Å². The predicted molar refractivity (Wildman–Crippen MR) is 82.5 cm³/mol. The van der Waals surface area contributed by atoms with E-state index in [-0.39, 0.29) is 5.91 Å². The van der Waals surface area contributed by atoms with Crippen molar-refractivity contribution in [3.63, 3.8) is 0 Å². The quantitative estimate of drug-likeness (QED) is 0.937. The van der Waals surface area contributed by atoms with Gasteiger partial charge in [-0.2, -0.15) is 4.98 Å². The van der Waals surface area contributed by atoms with Gasteiger partial charge in [-0.25, -0.2) is 0 Å². The van der Waals surface area contributed by atoms with Crippen molar-refractivity contribution in [2.75, 3.05) is 20.1 Å². The summed E-state index contributed by atoms with van der Waals surface area (Å²) in [5.74, 6) is 0.986. The van der Waals surface area contributed by atoms with E-state index in [1.54, 1.807) is 6.92 Å². The molecule has 0 saturated carbocycles. The van der Waals surface area contributed by atoms with Crippen LogP contribution in [-0.4, -0.2) is 47.1 Å². The molecule has 3 rings (SSSR count). The van der Waals surface area contributed by atoms with Gasteiger partial charge >= 0.3 is 0 Å². The largest absolute Gasteiger partial charge is 0.339 e. The number of nitrogens with one attached hydrogen (secondary N) is 1. The normalized spacial score (nSPS) is 16.0. The molecule has 1 aromatic heterocycles. The van der Waals surface area contributed by atoms with Gasteiger partial charge in [-0.3, -0.25) is 4.79 Å². The van der Waals surface area contributed by atoms with Gasteiger partial charge in [-0.1, -0.05) is 17.3 Å². The second kappa shape index (κ2) is 6.27. The summed E-state index contributed by atoms with van der Waals surface area (Å²) in [6.45, 7) is 3.29. The van der Waals surface area contributed by atoms with E-state index in [9.17, 15) is 4.79 Å². The van der Waals surface area contributed by atoms with Gasteiger partial charge in [0.1, 0.15) is 0 Å². The highest BCUT2D eigenvalue weighted by molar-refractivity contribution is 6.00. The van der Waals surface area contributed by atoms with Crippen LogP contribution in [0.3, 0.4) is 0 Å². The zero-order chi connectivity index (χ0) is 15.5. The summed E-state index contributed by atoms with van der Waals surface area (Å²) in [6.07, 6.45) is 1.95. The molecule has 6 nitrogen and oxygen atoms in total. The second-order valence-electron chi connectivity index (χ2n) is 5.55. The van der Waals surface area contributed by atoms with Crippen molar-refractivity contribution in [3.8, 4) is 11.5 Å². The first-order chi connectivity index (χ1) is 10.7. The van der Waals surface area contributed by atoms with Crippen LogP contribution in [0.1, 0.15) is 29.0 Å². The number of piperidine rings is 1. The van der Waals surface area contributed by atoms with Crippen LogP contribution in [-0.2, 0) is 0 Å². The molecule has 0 atom stereocenters. The third kappa shape index (κ3) is 2.87. The predicted octanol–water partition coefficient (Wildman–Crippen LogP) is 1.87. The molecule has 1 aliphatic heterocycles. The van der Waals surface area contributed by atoms with Crippen molar-refractivity contribution < 1.29 is 9.32 Å². The van der Waals surface area contributed by atoms with E-state index in [1.807, 2.05) is 36.2 Å². The number of aryl methyl sites for hydroxylation is 1. The number of aromatic nitrogens is 2. The van der Waals surface area contributed by atoms with Gasteiger partial charge in [0.15, 0.2) is 5.82 Å². The lowest BCUT2D eigenvalue weighted by molar-refractivity contribution is 0.0708. The molecular formula is C16H20N4O2. The number of amides is 1. The van der Waals surface area contributed by atoms with Gasteiger partial charge < -0.3 is 14.7 Å². The Bertz CT molecular complexity index is 660. The lowest BCUT2D eigenvalue weighted by Crippen LogP contribution is -2.44. The molecule has 0 radical (unpaired) electrons. The molecule has 2 aromatic rings. The van der Waals surface area contributed by atoms with Crippen LogP contribution in [0.4, 0.5) is 0 Å². The first-order valence-corrected chi connectivity index (χ1v) is 7.55. The summed E-state index contributed by atoms with van der Waals surface area (Å²) in [5.41, 5.74) is 1.32. The van der Waals surface area contributed by atoms with E-state index < -0.39 is 0 Å². The van der Waals surface area contributed by atoms with Crippen molar-refractivity contribution >= 4 is 5.91 Å². The number of benzene rings is 1. The molecule has 1 saturated heterocycles. The maximum Gasteiger partial charge on any atom is 0.258 e. The minimum absolute atomic E-state index is 0.0287. The molecule has 0 bridgehead atoms. The number of hydrogen-bond acceptors (Lipinski definition) is 5. The summed E-state index contributed by atoms with van der Waals surface area (Å²) in [7, 11) is 1.97. The van der Waals surface area contributed by atoms with Crippen molar-refractivity contribution in [2.24, 2.45) is 0 Å². The highest BCUT2D eigenvalue weighted by atomic mass is 16.5. The van der Waals surface area contributed by atoms with Crippen LogP contribution in [0.2, 0.25) is 0 Å². The van der Waals surface area contributed by atoms with E-state index in [2.05, 4.69) is 15.5 Å². The van der Waals surface area contributed by atoms with Crippen molar-refractivity contribution in [3.05, 3.63) is 35.7 Å². The van der Waals surface area contributed by atoms with Gasteiger partial charge in [0.25, 0.3) is 11.8 Å². The SMILES string of the molecule is CNC1CCN(C(=O)c2ccccc2-c2nc(C)no2)CC1. The number of carbonyl (C=O) groups is 1. The van der Waals surface area contributed by atoms with Gasteiger partial charge in [0.05, 0.1) is 11.1 Å². The Hall–Kier alpha value is -2.21. The molecule has 1 fully saturated rings. The average Bonchev–Trinajstić information content (AvgIpc) is 3.00. The maximum atomic E-state index is 12.8. The fraction of sp³-hybridized carbons (Fsp3) is 0.438. The molecule has 0 spiro atoms. The Balaban J connectivity index is 1.84. The van der Waals surface area contributed by atoms with E-state index in [1.165, 1.54) is 0 Å². The molecule has 22 heavy (non-hydrogen) atoms. The molecule has 116 valence electrons. The minimum Gasteiger partial charge on any atom is -0.339 e.